The average molecular weight is 515 g/mol. The van der Waals surface area contributed by atoms with Crippen molar-refractivity contribution in [1.29, 1.82) is 0 Å². The quantitative estimate of drug-likeness (QED) is 0.397. The average Bonchev–Trinajstić information content (AvgIpc) is 2.94. The molecular weight excluding hydrogens is 488 g/mol. The maximum Gasteiger partial charge on any atom is 0.255 e. The number of anilines is 2. The maximum atomic E-state index is 13.7. The summed E-state index contributed by atoms with van der Waals surface area (Å²) >= 11 is 0. The van der Waals surface area contributed by atoms with Crippen molar-refractivity contribution in [3.8, 4) is 11.6 Å². The van der Waals surface area contributed by atoms with Gasteiger partial charge in [-0.3, -0.25) is 9.78 Å². The second kappa shape index (κ2) is 11.3. The molecule has 1 aliphatic heterocycles. The van der Waals surface area contributed by atoms with Crippen LogP contribution in [-0.2, 0) is 10.8 Å². The van der Waals surface area contributed by atoms with Crippen LogP contribution in [0.25, 0.3) is 0 Å². The zero-order valence-electron chi connectivity index (χ0n) is 20.3. The molecule has 0 aliphatic carbocycles. The highest BCUT2D eigenvalue weighted by Crippen LogP contribution is 2.30. The fourth-order valence-electron chi connectivity index (χ4n) is 3.83. The van der Waals surface area contributed by atoms with E-state index >= 15 is 0 Å². The second-order valence-corrected chi connectivity index (χ2v) is 9.98. The van der Waals surface area contributed by atoms with Gasteiger partial charge in [-0.2, -0.15) is 4.98 Å². The van der Waals surface area contributed by atoms with Gasteiger partial charge in [0.1, 0.15) is 10.6 Å². The number of carbonyl (C=O) groups excluding carboxylic acids is 1. The number of pyridine rings is 1. The van der Waals surface area contributed by atoms with E-state index in [4.69, 9.17) is 4.74 Å². The number of carbonyl (C=O) groups is 1. The van der Waals surface area contributed by atoms with Crippen molar-refractivity contribution in [3.63, 3.8) is 0 Å². The van der Waals surface area contributed by atoms with Gasteiger partial charge in [0, 0.05) is 54.7 Å². The van der Waals surface area contributed by atoms with Crippen LogP contribution in [0.3, 0.4) is 0 Å². The van der Waals surface area contributed by atoms with Crippen LogP contribution in [0.5, 0.6) is 11.6 Å². The summed E-state index contributed by atoms with van der Waals surface area (Å²) in [5, 5.41) is 2.86. The molecule has 10 heteroatoms. The predicted molar refractivity (Wildman–Crippen MR) is 142 cm³/mol. The molecule has 3 heterocycles. The Labute approximate surface area is 217 Å². The van der Waals surface area contributed by atoms with Crippen LogP contribution >= 0.6 is 0 Å². The predicted octanol–water partition coefficient (Wildman–Crippen LogP) is 3.83. The molecule has 0 radical (unpaired) electrons. The monoisotopic (exact) mass is 514 g/mol. The van der Waals surface area contributed by atoms with E-state index in [1.807, 2.05) is 6.07 Å². The number of nitrogens with one attached hydrogen (secondary N) is 1. The van der Waals surface area contributed by atoms with Crippen molar-refractivity contribution in [3.05, 3.63) is 90.9 Å². The van der Waals surface area contributed by atoms with Gasteiger partial charge in [-0.15, -0.1) is 0 Å². The number of hydrogen-bond donors (Lipinski definition) is 1. The van der Waals surface area contributed by atoms with E-state index in [0.717, 1.165) is 26.2 Å². The van der Waals surface area contributed by atoms with Gasteiger partial charge in [0.15, 0.2) is 0 Å². The standard InChI is InChI=1S/C27H26N6O3S/c1-32-14-16-33(17-15-32)27-29-19-24(26(31-27)36-22-10-12-28-13-11-22)37(35)23-9-5-8-21(18-23)30-25(34)20-6-3-2-4-7-20/h2-13,18-19H,14-17H2,1H3,(H,30,34). The lowest BCUT2D eigenvalue weighted by Crippen LogP contribution is -2.45. The molecule has 1 N–H and O–H groups in total. The minimum Gasteiger partial charge on any atom is -0.437 e. The van der Waals surface area contributed by atoms with E-state index in [-0.39, 0.29) is 11.8 Å². The summed E-state index contributed by atoms with van der Waals surface area (Å²) < 4.78 is 19.8. The molecule has 188 valence electrons. The molecule has 1 saturated heterocycles. The largest absolute Gasteiger partial charge is 0.437 e. The van der Waals surface area contributed by atoms with Gasteiger partial charge in [0.25, 0.3) is 5.91 Å². The van der Waals surface area contributed by atoms with E-state index < -0.39 is 10.8 Å². The summed E-state index contributed by atoms with van der Waals surface area (Å²) in [7, 11) is 0.418. The first-order chi connectivity index (χ1) is 18.1. The molecule has 1 unspecified atom stereocenters. The summed E-state index contributed by atoms with van der Waals surface area (Å²) in [5.41, 5.74) is 1.07. The molecule has 1 atom stereocenters. The molecule has 1 amide bonds. The molecule has 0 spiro atoms. The van der Waals surface area contributed by atoms with Gasteiger partial charge < -0.3 is 19.9 Å². The molecule has 0 saturated carbocycles. The number of rotatable bonds is 7. The number of aromatic nitrogens is 3. The van der Waals surface area contributed by atoms with Crippen LogP contribution in [0.2, 0.25) is 0 Å². The topological polar surface area (TPSA) is 101 Å². The first-order valence-electron chi connectivity index (χ1n) is 11.8. The molecule has 0 bridgehead atoms. The number of piperazine rings is 1. The van der Waals surface area contributed by atoms with Crippen LogP contribution in [0.4, 0.5) is 11.6 Å². The number of hydrogen-bond acceptors (Lipinski definition) is 8. The summed E-state index contributed by atoms with van der Waals surface area (Å²) in [6.45, 7) is 3.38. The molecular formula is C27H26N6O3S. The van der Waals surface area contributed by atoms with Gasteiger partial charge >= 0.3 is 0 Å². The van der Waals surface area contributed by atoms with Gasteiger partial charge in [-0.25, -0.2) is 9.19 Å². The van der Waals surface area contributed by atoms with Crippen molar-refractivity contribution in [2.24, 2.45) is 0 Å². The molecule has 4 aromatic rings. The molecule has 1 aliphatic rings. The minimum atomic E-state index is -1.66. The molecule has 2 aromatic carbocycles. The SMILES string of the molecule is CN1CCN(c2ncc(S(=O)c3cccc(NC(=O)c4ccccc4)c3)c(Oc3ccncc3)n2)CC1. The van der Waals surface area contributed by atoms with E-state index in [0.29, 0.717) is 32.7 Å². The Morgan fingerprint density at radius 2 is 1.73 bits per heavy atom. The van der Waals surface area contributed by atoms with Crippen molar-refractivity contribution in [2.45, 2.75) is 9.79 Å². The molecule has 5 rings (SSSR count). The molecule has 2 aromatic heterocycles. The third-order valence-electron chi connectivity index (χ3n) is 5.90. The van der Waals surface area contributed by atoms with Crippen LogP contribution in [0.15, 0.2) is 95.1 Å². The lowest BCUT2D eigenvalue weighted by molar-refractivity contribution is 0.102. The Kier molecular flexibility index (Phi) is 7.48. The minimum absolute atomic E-state index is 0.215. The van der Waals surface area contributed by atoms with Crippen molar-refractivity contribution in [1.82, 2.24) is 19.9 Å². The number of amides is 1. The van der Waals surface area contributed by atoms with Gasteiger partial charge in [-0.1, -0.05) is 24.3 Å². The third kappa shape index (κ3) is 5.99. The smallest absolute Gasteiger partial charge is 0.255 e. The van der Waals surface area contributed by atoms with Gasteiger partial charge in [0.2, 0.25) is 11.8 Å². The van der Waals surface area contributed by atoms with Crippen molar-refractivity contribution >= 4 is 28.3 Å². The summed E-state index contributed by atoms with van der Waals surface area (Å²) in [6.07, 6.45) is 4.80. The lowest BCUT2D eigenvalue weighted by atomic mass is 10.2. The normalized spacial score (nSPS) is 14.7. The fourth-order valence-corrected chi connectivity index (χ4v) is 4.92. The Bertz CT molecular complexity index is 1400. The molecule has 1 fully saturated rings. The summed E-state index contributed by atoms with van der Waals surface area (Å²) in [4.78, 5) is 31.0. The molecule has 37 heavy (non-hydrogen) atoms. The van der Waals surface area contributed by atoms with Crippen LogP contribution in [-0.4, -0.2) is 63.2 Å². The first-order valence-corrected chi connectivity index (χ1v) is 13.0. The van der Waals surface area contributed by atoms with E-state index in [2.05, 4.69) is 37.1 Å². The van der Waals surface area contributed by atoms with Crippen molar-refractivity contribution < 1.29 is 13.7 Å². The number of benzene rings is 2. The Hall–Kier alpha value is -4.15. The van der Waals surface area contributed by atoms with E-state index in [1.54, 1.807) is 79.3 Å². The summed E-state index contributed by atoms with van der Waals surface area (Å²) in [6, 6.07) is 19.3. The van der Waals surface area contributed by atoms with Crippen molar-refractivity contribution in [2.75, 3.05) is 43.4 Å². The maximum absolute atomic E-state index is 13.7. The zero-order valence-corrected chi connectivity index (χ0v) is 21.1. The number of ether oxygens (including phenoxy) is 1. The Morgan fingerprint density at radius 3 is 2.49 bits per heavy atom. The zero-order chi connectivity index (χ0) is 25.6. The highest BCUT2D eigenvalue weighted by atomic mass is 32.2. The first kappa shape index (κ1) is 24.5. The number of likely N-dealkylation sites (N-methyl/N-ethyl adjacent to an activating group) is 1. The third-order valence-corrected chi connectivity index (χ3v) is 7.26. The number of nitrogens with zero attached hydrogens (tertiary/aromatic N) is 5. The molecule has 9 nitrogen and oxygen atoms in total. The Balaban J connectivity index is 1.43. The van der Waals surface area contributed by atoms with E-state index in [1.165, 1.54) is 0 Å². The second-order valence-electron chi connectivity index (χ2n) is 8.53. The van der Waals surface area contributed by atoms with Gasteiger partial charge in [0.05, 0.1) is 17.0 Å². The Morgan fingerprint density at radius 1 is 0.973 bits per heavy atom. The van der Waals surface area contributed by atoms with Crippen LogP contribution in [0, 0.1) is 0 Å². The highest BCUT2D eigenvalue weighted by Gasteiger charge is 2.22. The summed E-state index contributed by atoms with van der Waals surface area (Å²) in [5.74, 6) is 1.03. The van der Waals surface area contributed by atoms with Gasteiger partial charge in [-0.05, 0) is 49.5 Å². The fraction of sp³-hybridized carbons (Fsp3) is 0.185. The van der Waals surface area contributed by atoms with E-state index in [9.17, 15) is 9.00 Å². The lowest BCUT2D eigenvalue weighted by Gasteiger charge is -2.32. The van der Waals surface area contributed by atoms with Crippen LogP contribution < -0.4 is 15.0 Å². The van der Waals surface area contributed by atoms with Crippen LogP contribution in [0.1, 0.15) is 10.4 Å². The highest BCUT2D eigenvalue weighted by molar-refractivity contribution is 7.85.